The molecule has 0 fully saturated rings. The molecule has 1 N–H and O–H groups in total. The number of hydrogen-bond acceptors (Lipinski definition) is 4. The largest absolute Gasteiger partial charge is 0.349 e. The van der Waals surface area contributed by atoms with Crippen molar-refractivity contribution in [3.63, 3.8) is 0 Å². The highest BCUT2D eigenvalue weighted by Gasteiger charge is 2.22. The lowest BCUT2D eigenvalue weighted by Gasteiger charge is -2.06. The van der Waals surface area contributed by atoms with E-state index in [1.54, 1.807) is 46.9 Å². The van der Waals surface area contributed by atoms with Gasteiger partial charge in [0, 0.05) is 49.5 Å². The quantitative estimate of drug-likeness (QED) is 0.762. The first kappa shape index (κ1) is 15.3. The van der Waals surface area contributed by atoms with Crippen LogP contribution in [0, 0.1) is 0 Å². The molecule has 0 aliphatic rings. The molecular weight excluding hydrogens is 316 g/mol. The second-order valence-corrected chi connectivity index (χ2v) is 6.82. The highest BCUT2D eigenvalue weighted by molar-refractivity contribution is 7.90. The fraction of sp³-hybridized carbons (Fsp3) is 0.200. The molecule has 0 spiro atoms. The first-order valence-corrected chi connectivity index (χ1v) is 8.53. The third-order valence-corrected chi connectivity index (χ3v) is 4.93. The van der Waals surface area contributed by atoms with Gasteiger partial charge in [-0.2, -0.15) is 5.10 Å². The summed E-state index contributed by atoms with van der Waals surface area (Å²) in [5, 5.41) is 4.56. The van der Waals surface area contributed by atoms with Gasteiger partial charge in [-0.1, -0.05) is 18.2 Å². The van der Waals surface area contributed by atoms with Gasteiger partial charge in [0.15, 0.2) is 0 Å². The summed E-state index contributed by atoms with van der Waals surface area (Å²) in [7, 11) is -2.14. The number of benzene rings is 1. The van der Waals surface area contributed by atoms with E-state index in [1.165, 1.54) is 6.20 Å². The van der Waals surface area contributed by atoms with Crippen LogP contribution in [0.5, 0.6) is 0 Å². The van der Waals surface area contributed by atoms with Gasteiger partial charge in [0.2, 0.25) is 5.91 Å². The smallest absolute Gasteiger partial charge is 0.266 e. The number of nitrogens with zero attached hydrogens (tertiary/aromatic N) is 3. The topological polar surface area (TPSA) is 86.0 Å². The van der Waals surface area contributed by atoms with Crippen LogP contribution in [-0.4, -0.2) is 28.7 Å². The van der Waals surface area contributed by atoms with Crippen LogP contribution in [0.1, 0.15) is 6.42 Å². The van der Waals surface area contributed by atoms with Crippen molar-refractivity contribution in [2.24, 2.45) is 7.05 Å². The lowest BCUT2D eigenvalue weighted by molar-refractivity contribution is -0.119. The Morgan fingerprint density at radius 2 is 2.04 bits per heavy atom. The number of carbonyl (C=O) groups is 1. The number of rotatable bonds is 5. The van der Waals surface area contributed by atoms with Crippen molar-refractivity contribution in [1.82, 2.24) is 19.1 Å². The van der Waals surface area contributed by atoms with E-state index in [9.17, 15) is 13.2 Å². The minimum absolute atomic E-state index is 0.0334. The zero-order chi connectivity index (χ0) is 16.4. The van der Waals surface area contributed by atoms with Crippen molar-refractivity contribution in [1.29, 1.82) is 0 Å². The SMILES string of the molecule is Cn1cc(S(=O)(=O)NC(=O)CCn2cccn2)c2ccccc21. The van der Waals surface area contributed by atoms with Crippen LogP contribution in [-0.2, 0) is 28.4 Å². The van der Waals surface area contributed by atoms with E-state index in [4.69, 9.17) is 0 Å². The average molecular weight is 332 g/mol. The molecule has 8 heteroatoms. The number of sulfonamides is 1. The molecule has 7 nitrogen and oxygen atoms in total. The molecule has 1 aromatic carbocycles. The second kappa shape index (κ2) is 5.88. The first-order valence-electron chi connectivity index (χ1n) is 7.04. The van der Waals surface area contributed by atoms with Gasteiger partial charge in [-0.05, 0) is 12.1 Å². The van der Waals surface area contributed by atoms with Gasteiger partial charge in [0.05, 0.1) is 0 Å². The number of aryl methyl sites for hydroxylation is 2. The van der Waals surface area contributed by atoms with E-state index < -0.39 is 15.9 Å². The van der Waals surface area contributed by atoms with Gasteiger partial charge in [0.25, 0.3) is 10.0 Å². The number of aromatic nitrogens is 3. The van der Waals surface area contributed by atoms with Crippen LogP contribution >= 0.6 is 0 Å². The standard InChI is InChI=1S/C15H16N4O3S/c1-18-11-14(12-5-2-3-6-13(12)18)23(21,22)17-15(20)7-10-19-9-4-8-16-19/h2-6,8-9,11H,7,10H2,1H3,(H,17,20). The molecule has 0 radical (unpaired) electrons. The van der Waals surface area contributed by atoms with E-state index in [-0.39, 0.29) is 11.3 Å². The summed E-state index contributed by atoms with van der Waals surface area (Å²) >= 11 is 0. The highest BCUT2D eigenvalue weighted by Crippen LogP contribution is 2.24. The van der Waals surface area contributed by atoms with Gasteiger partial charge < -0.3 is 4.57 Å². The van der Waals surface area contributed by atoms with Crippen LogP contribution in [0.2, 0.25) is 0 Å². The zero-order valence-electron chi connectivity index (χ0n) is 12.5. The van der Waals surface area contributed by atoms with Gasteiger partial charge in [-0.15, -0.1) is 0 Å². The monoisotopic (exact) mass is 332 g/mol. The summed E-state index contributed by atoms with van der Waals surface area (Å²) < 4.78 is 30.3. The molecule has 3 aromatic rings. The van der Waals surface area contributed by atoms with Crippen LogP contribution in [0.3, 0.4) is 0 Å². The number of fused-ring (bicyclic) bond motifs is 1. The van der Waals surface area contributed by atoms with Crippen LogP contribution in [0.4, 0.5) is 0 Å². The molecule has 0 aliphatic carbocycles. The summed E-state index contributed by atoms with van der Waals surface area (Å²) in [6, 6.07) is 8.89. The summed E-state index contributed by atoms with van der Waals surface area (Å²) in [6.07, 6.45) is 4.86. The Balaban J connectivity index is 1.79. The predicted molar refractivity (Wildman–Crippen MR) is 85.1 cm³/mol. The Hall–Kier alpha value is -2.61. The first-order chi connectivity index (χ1) is 11.0. The van der Waals surface area contributed by atoms with E-state index in [1.807, 2.05) is 12.1 Å². The van der Waals surface area contributed by atoms with E-state index in [2.05, 4.69) is 9.82 Å². The van der Waals surface area contributed by atoms with Crippen molar-refractivity contribution in [3.05, 3.63) is 48.9 Å². The molecule has 2 heterocycles. The number of para-hydroxylation sites is 1. The van der Waals surface area contributed by atoms with E-state index >= 15 is 0 Å². The summed E-state index contributed by atoms with van der Waals surface area (Å²) in [4.78, 5) is 12.0. The van der Waals surface area contributed by atoms with Crippen LogP contribution in [0.15, 0.2) is 53.8 Å². The number of nitrogens with one attached hydrogen (secondary N) is 1. The summed E-state index contributed by atoms with van der Waals surface area (Å²) in [6.45, 7) is 0.323. The summed E-state index contributed by atoms with van der Waals surface area (Å²) in [5.41, 5.74) is 0.789. The predicted octanol–water partition coefficient (Wildman–Crippen LogP) is 1.27. The molecule has 0 saturated carbocycles. The number of hydrogen-bond donors (Lipinski definition) is 1. The number of carbonyl (C=O) groups excluding carboxylic acids is 1. The Labute approximate surface area is 133 Å². The van der Waals surface area contributed by atoms with Crippen LogP contribution < -0.4 is 4.72 Å². The fourth-order valence-corrected chi connectivity index (χ4v) is 3.69. The fourth-order valence-electron chi connectivity index (χ4n) is 2.42. The molecule has 120 valence electrons. The minimum Gasteiger partial charge on any atom is -0.349 e. The molecule has 0 unspecified atom stereocenters. The molecule has 2 aromatic heterocycles. The molecule has 1 amide bonds. The van der Waals surface area contributed by atoms with Crippen molar-refractivity contribution in [2.45, 2.75) is 17.9 Å². The zero-order valence-corrected chi connectivity index (χ0v) is 13.3. The molecule has 23 heavy (non-hydrogen) atoms. The van der Waals surface area contributed by atoms with Gasteiger partial charge >= 0.3 is 0 Å². The van der Waals surface area contributed by atoms with E-state index in [0.29, 0.717) is 11.9 Å². The molecule has 0 aliphatic heterocycles. The maximum atomic E-state index is 12.5. The van der Waals surface area contributed by atoms with Crippen molar-refractivity contribution >= 4 is 26.8 Å². The molecule has 0 saturated heterocycles. The maximum absolute atomic E-state index is 12.5. The molecule has 0 bridgehead atoms. The van der Waals surface area contributed by atoms with Crippen LogP contribution in [0.25, 0.3) is 10.9 Å². The number of amides is 1. The minimum atomic E-state index is -3.91. The molecule has 3 rings (SSSR count). The van der Waals surface area contributed by atoms with Gasteiger partial charge in [0.1, 0.15) is 4.90 Å². The van der Waals surface area contributed by atoms with Crippen molar-refractivity contribution in [2.75, 3.05) is 0 Å². The van der Waals surface area contributed by atoms with Crippen molar-refractivity contribution in [3.8, 4) is 0 Å². The van der Waals surface area contributed by atoms with Gasteiger partial charge in [-0.25, -0.2) is 13.1 Å². The Morgan fingerprint density at radius 1 is 1.26 bits per heavy atom. The second-order valence-electron chi connectivity index (χ2n) is 5.17. The Kier molecular flexibility index (Phi) is 3.91. The van der Waals surface area contributed by atoms with Gasteiger partial charge in [-0.3, -0.25) is 9.48 Å². The Bertz CT molecular complexity index is 942. The normalized spacial score (nSPS) is 11.7. The lowest BCUT2D eigenvalue weighted by atomic mass is 10.2. The van der Waals surface area contributed by atoms with E-state index in [0.717, 1.165) is 5.52 Å². The maximum Gasteiger partial charge on any atom is 0.266 e. The molecular formula is C15H16N4O3S. The molecule has 0 atom stereocenters. The third kappa shape index (κ3) is 3.11. The third-order valence-electron chi connectivity index (χ3n) is 3.53. The summed E-state index contributed by atoms with van der Waals surface area (Å²) in [5.74, 6) is -0.562. The average Bonchev–Trinajstić information content (AvgIpc) is 3.14. The highest BCUT2D eigenvalue weighted by atomic mass is 32.2. The van der Waals surface area contributed by atoms with Crippen molar-refractivity contribution < 1.29 is 13.2 Å². The lowest BCUT2D eigenvalue weighted by Crippen LogP contribution is -2.31. The Morgan fingerprint density at radius 3 is 2.78 bits per heavy atom.